The van der Waals surface area contributed by atoms with Gasteiger partial charge in [0, 0.05) is 6.20 Å². The van der Waals surface area contributed by atoms with Gasteiger partial charge in [0.05, 0.1) is 0 Å². The summed E-state index contributed by atoms with van der Waals surface area (Å²) >= 11 is 0. The summed E-state index contributed by atoms with van der Waals surface area (Å²) in [6.45, 7) is 0. The fraction of sp³-hybridized carbons (Fsp3) is 0. The Balaban J connectivity index is 0.000000640. The zero-order valence-corrected chi connectivity index (χ0v) is 3.96. The van der Waals surface area contributed by atoms with Gasteiger partial charge < -0.3 is 5.11 Å². The van der Waals surface area contributed by atoms with Gasteiger partial charge in [0.1, 0.15) is 5.69 Å². The molecule has 0 saturated carbocycles. The molecule has 0 bridgehead atoms. The van der Waals surface area contributed by atoms with Crippen molar-refractivity contribution in [1.82, 2.24) is 10.2 Å². The van der Waals surface area contributed by atoms with Crippen LogP contribution < -0.4 is 0 Å². The number of carboxylic acid groups (broad SMARTS) is 1. The third-order valence-electron chi connectivity index (χ3n) is 0.731. The molecule has 0 spiro atoms. The molecule has 0 atom stereocenters. The van der Waals surface area contributed by atoms with Crippen molar-refractivity contribution in [3.05, 3.63) is 18.0 Å². The van der Waals surface area contributed by atoms with Crippen molar-refractivity contribution < 1.29 is 9.90 Å². The van der Waals surface area contributed by atoms with E-state index in [4.69, 9.17) is 5.11 Å². The van der Waals surface area contributed by atoms with Gasteiger partial charge in [-0.2, -0.15) is 5.10 Å². The second-order valence-corrected chi connectivity index (χ2v) is 1.28. The standard InChI is InChI=1S/C4H4N2O2.K.H/c7-4(8)3-1-2-5-6-3;;/h1-2H,(H,5,6)(H,7,8);;. The molecule has 1 heterocycles. The summed E-state index contributed by atoms with van der Waals surface area (Å²) < 4.78 is 0. The average Bonchev–Trinajstić information content (AvgIpc) is 2.12. The Hall–Kier alpha value is 0.316. The van der Waals surface area contributed by atoms with Gasteiger partial charge in [0.2, 0.25) is 0 Å². The zero-order valence-electron chi connectivity index (χ0n) is 3.96. The summed E-state index contributed by atoms with van der Waals surface area (Å²) in [5.74, 6) is -0.984. The van der Waals surface area contributed by atoms with Crippen molar-refractivity contribution in [3.63, 3.8) is 0 Å². The van der Waals surface area contributed by atoms with Crippen molar-refractivity contribution in [1.29, 1.82) is 0 Å². The average molecular weight is 152 g/mol. The number of H-pyrrole nitrogens is 1. The second kappa shape index (κ2) is 4.18. The van der Waals surface area contributed by atoms with Crippen LogP contribution in [-0.4, -0.2) is 72.7 Å². The first kappa shape index (κ1) is 9.32. The third kappa shape index (κ3) is 2.59. The molecule has 0 radical (unpaired) electrons. The van der Waals surface area contributed by atoms with Gasteiger partial charge >= 0.3 is 57.4 Å². The number of rotatable bonds is 1. The molecule has 0 aliphatic heterocycles. The van der Waals surface area contributed by atoms with Crippen LogP contribution >= 0.6 is 0 Å². The van der Waals surface area contributed by atoms with Crippen LogP contribution in [0.2, 0.25) is 0 Å². The minimum atomic E-state index is -0.984. The molecular weight excluding hydrogens is 147 g/mol. The Morgan fingerprint density at radius 1 is 1.78 bits per heavy atom. The monoisotopic (exact) mass is 152 g/mol. The van der Waals surface area contributed by atoms with Crippen molar-refractivity contribution in [2.24, 2.45) is 0 Å². The van der Waals surface area contributed by atoms with E-state index < -0.39 is 5.97 Å². The Bertz CT molecular complexity index is 184. The van der Waals surface area contributed by atoms with Gasteiger partial charge in [-0.3, -0.25) is 5.10 Å². The Morgan fingerprint density at radius 3 is 2.67 bits per heavy atom. The quantitative estimate of drug-likeness (QED) is 0.531. The van der Waals surface area contributed by atoms with Crippen molar-refractivity contribution in [3.8, 4) is 0 Å². The fourth-order valence-corrected chi connectivity index (χ4v) is 0.375. The summed E-state index contributed by atoms with van der Waals surface area (Å²) in [4.78, 5) is 9.99. The van der Waals surface area contributed by atoms with Gasteiger partial charge in [0.15, 0.2) is 0 Å². The van der Waals surface area contributed by atoms with E-state index in [2.05, 4.69) is 10.2 Å². The van der Waals surface area contributed by atoms with Crippen LogP contribution in [0.25, 0.3) is 0 Å². The first-order valence-corrected chi connectivity index (χ1v) is 2.03. The van der Waals surface area contributed by atoms with Crippen LogP contribution in [0.15, 0.2) is 12.3 Å². The summed E-state index contributed by atoms with van der Waals surface area (Å²) in [6.07, 6.45) is 1.39. The zero-order chi connectivity index (χ0) is 5.98. The van der Waals surface area contributed by atoms with E-state index in [9.17, 15) is 4.79 Å². The van der Waals surface area contributed by atoms with Crippen LogP contribution in [0, 0.1) is 0 Å². The molecule has 0 aliphatic carbocycles. The topological polar surface area (TPSA) is 66.0 Å². The van der Waals surface area contributed by atoms with Crippen molar-refractivity contribution in [2.45, 2.75) is 0 Å². The van der Waals surface area contributed by atoms with E-state index in [1.54, 1.807) is 0 Å². The van der Waals surface area contributed by atoms with E-state index in [0.29, 0.717) is 0 Å². The second-order valence-electron chi connectivity index (χ2n) is 1.28. The van der Waals surface area contributed by atoms with E-state index in [0.717, 1.165) is 0 Å². The summed E-state index contributed by atoms with van der Waals surface area (Å²) in [6, 6.07) is 1.39. The SMILES string of the molecule is O=C(O)c1ccn[nH]1.[KH]. The Morgan fingerprint density at radius 2 is 2.44 bits per heavy atom. The first-order valence-electron chi connectivity index (χ1n) is 2.03. The van der Waals surface area contributed by atoms with E-state index in [1.807, 2.05) is 0 Å². The summed E-state index contributed by atoms with van der Waals surface area (Å²) in [7, 11) is 0. The van der Waals surface area contributed by atoms with Gasteiger partial charge in [0.25, 0.3) is 0 Å². The van der Waals surface area contributed by atoms with Crippen LogP contribution in [-0.2, 0) is 0 Å². The van der Waals surface area contributed by atoms with Gasteiger partial charge in [-0.25, -0.2) is 4.79 Å². The molecule has 0 aromatic carbocycles. The summed E-state index contributed by atoms with van der Waals surface area (Å²) in [5, 5.41) is 13.9. The number of carboxylic acids is 1. The predicted octanol–water partition coefficient (Wildman–Crippen LogP) is -0.541. The van der Waals surface area contributed by atoms with Gasteiger partial charge in [-0.05, 0) is 6.07 Å². The van der Waals surface area contributed by atoms with E-state index in [-0.39, 0.29) is 57.1 Å². The Labute approximate surface area is 94.1 Å². The van der Waals surface area contributed by atoms with Crippen molar-refractivity contribution in [2.75, 3.05) is 0 Å². The molecule has 0 fully saturated rings. The number of hydrogen-bond acceptors (Lipinski definition) is 2. The fourth-order valence-electron chi connectivity index (χ4n) is 0.375. The van der Waals surface area contributed by atoms with Crippen LogP contribution in [0.5, 0.6) is 0 Å². The summed E-state index contributed by atoms with van der Waals surface area (Å²) in [5.41, 5.74) is 0.116. The van der Waals surface area contributed by atoms with Crippen LogP contribution in [0.3, 0.4) is 0 Å². The van der Waals surface area contributed by atoms with E-state index >= 15 is 0 Å². The maximum atomic E-state index is 9.99. The molecule has 1 aromatic heterocycles. The molecule has 1 rings (SSSR count). The molecular formula is C4H5KN2O2. The van der Waals surface area contributed by atoms with E-state index in [1.165, 1.54) is 12.3 Å². The molecule has 4 nitrogen and oxygen atoms in total. The number of nitrogens with zero attached hydrogens (tertiary/aromatic N) is 1. The number of carbonyl (C=O) groups is 1. The number of aromatic amines is 1. The molecule has 0 saturated heterocycles. The molecule has 0 aliphatic rings. The molecule has 0 unspecified atom stereocenters. The van der Waals surface area contributed by atoms with Crippen molar-refractivity contribution >= 4 is 57.4 Å². The van der Waals surface area contributed by atoms with Crippen LogP contribution in [0.1, 0.15) is 10.5 Å². The van der Waals surface area contributed by atoms with Gasteiger partial charge in [-0.1, -0.05) is 0 Å². The molecule has 44 valence electrons. The van der Waals surface area contributed by atoms with Crippen LogP contribution in [0.4, 0.5) is 0 Å². The first-order chi connectivity index (χ1) is 3.80. The normalized spacial score (nSPS) is 8.00. The van der Waals surface area contributed by atoms with Gasteiger partial charge in [-0.15, -0.1) is 0 Å². The number of aromatic nitrogens is 2. The predicted molar refractivity (Wildman–Crippen MR) is 32.7 cm³/mol. The number of aromatic carboxylic acids is 1. The minimum absolute atomic E-state index is 0. The molecule has 9 heavy (non-hydrogen) atoms. The maximum absolute atomic E-state index is 9.99. The Kier molecular flexibility index (Phi) is 4.33. The third-order valence-corrected chi connectivity index (χ3v) is 0.731. The number of nitrogens with one attached hydrogen (secondary N) is 1. The molecule has 1 aromatic rings. The molecule has 5 heteroatoms. The molecule has 2 N–H and O–H groups in total. The number of hydrogen-bond donors (Lipinski definition) is 2. The molecule has 0 amide bonds.